The monoisotopic (exact) mass is 338 g/mol. The maximum Gasteiger partial charge on any atom is 0.254 e. The second kappa shape index (κ2) is 7.68. The van der Waals surface area contributed by atoms with Gasteiger partial charge in [-0.15, -0.1) is 0 Å². The summed E-state index contributed by atoms with van der Waals surface area (Å²) in [4.78, 5) is 28.4. The van der Waals surface area contributed by atoms with Crippen LogP contribution in [-0.2, 0) is 4.79 Å². The number of ether oxygens (including phenoxy) is 1. The Morgan fingerprint density at radius 1 is 1.13 bits per heavy atom. The fourth-order valence-electron chi connectivity index (χ4n) is 2.68. The summed E-state index contributed by atoms with van der Waals surface area (Å²) < 4.78 is 5.17. The normalized spacial score (nSPS) is 15.5. The highest BCUT2D eigenvalue weighted by Gasteiger charge is 2.24. The van der Waals surface area contributed by atoms with Gasteiger partial charge in [0.05, 0.1) is 12.1 Å². The molecule has 0 radical (unpaired) electrons. The molecule has 0 aromatic heterocycles. The zero-order valence-corrected chi connectivity index (χ0v) is 14.6. The second-order valence-corrected chi connectivity index (χ2v) is 6.38. The first-order valence-electron chi connectivity index (χ1n) is 7.85. The molecule has 6 heteroatoms. The molecule has 1 fully saturated rings. The third-order valence-electron chi connectivity index (χ3n) is 3.99. The van der Waals surface area contributed by atoms with Crippen LogP contribution in [0.25, 0.3) is 0 Å². The second-order valence-electron chi connectivity index (χ2n) is 5.98. The largest absolute Gasteiger partial charge is 0.495 e. The first-order valence-corrected chi connectivity index (χ1v) is 8.23. The van der Waals surface area contributed by atoms with Crippen molar-refractivity contribution in [3.63, 3.8) is 0 Å². The van der Waals surface area contributed by atoms with Crippen LogP contribution in [0.2, 0.25) is 5.02 Å². The van der Waals surface area contributed by atoms with Gasteiger partial charge in [-0.25, -0.2) is 0 Å². The van der Waals surface area contributed by atoms with Crippen molar-refractivity contribution in [3.8, 4) is 5.75 Å². The Morgan fingerprint density at radius 2 is 1.78 bits per heavy atom. The van der Waals surface area contributed by atoms with E-state index in [4.69, 9.17) is 16.3 Å². The molecule has 2 rings (SSSR count). The summed E-state index contributed by atoms with van der Waals surface area (Å²) in [6.45, 7) is 6.26. The van der Waals surface area contributed by atoms with Crippen molar-refractivity contribution >= 4 is 23.4 Å². The predicted octanol–water partition coefficient (Wildman–Crippen LogP) is 2.68. The lowest BCUT2D eigenvalue weighted by Crippen LogP contribution is -2.38. The Bertz CT molecular complexity index is 589. The third kappa shape index (κ3) is 4.16. The van der Waals surface area contributed by atoms with Gasteiger partial charge in [-0.2, -0.15) is 0 Å². The Hall–Kier alpha value is -1.75. The topological polar surface area (TPSA) is 49.9 Å². The molecule has 0 spiro atoms. The lowest BCUT2D eigenvalue weighted by molar-refractivity contribution is -0.134. The van der Waals surface area contributed by atoms with E-state index in [1.165, 1.54) is 7.11 Å². The predicted molar refractivity (Wildman–Crippen MR) is 89.9 cm³/mol. The number of rotatable bonds is 3. The Labute approximate surface area is 142 Å². The summed E-state index contributed by atoms with van der Waals surface area (Å²) in [7, 11) is 1.52. The van der Waals surface area contributed by atoms with E-state index >= 15 is 0 Å². The summed E-state index contributed by atoms with van der Waals surface area (Å²) in [5.41, 5.74) is 0.551. The number of halogens is 1. The SMILES string of the molecule is COc1cc(C(=O)N2CCCN(C(=O)C(C)C)CC2)ccc1Cl. The van der Waals surface area contributed by atoms with Crippen LogP contribution in [0.4, 0.5) is 0 Å². The van der Waals surface area contributed by atoms with Crippen LogP contribution < -0.4 is 4.74 Å². The molecule has 1 aromatic rings. The van der Waals surface area contributed by atoms with Gasteiger partial charge in [0.1, 0.15) is 5.75 Å². The van der Waals surface area contributed by atoms with Crippen LogP contribution >= 0.6 is 11.6 Å². The van der Waals surface area contributed by atoms with Gasteiger partial charge >= 0.3 is 0 Å². The molecule has 1 aliphatic rings. The number of amides is 2. The number of benzene rings is 1. The van der Waals surface area contributed by atoms with E-state index < -0.39 is 0 Å². The van der Waals surface area contributed by atoms with Crippen LogP contribution in [0.15, 0.2) is 18.2 Å². The number of methoxy groups -OCH3 is 1. The molecule has 23 heavy (non-hydrogen) atoms. The van der Waals surface area contributed by atoms with E-state index in [2.05, 4.69) is 0 Å². The van der Waals surface area contributed by atoms with Crippen molar-refractivity contribution in [2.24, 2.45) is 5.92 Å². The van der Waals surface area contributed by atoms with Gasteiger partial charge in [0.15, 0.2) is 0 Å². The highest BCUT2D eigenvalue weighted by Crippen LogP contribution is 2.25. The van der Waals surface area contributed by atoms with Gasteiger partial charge in [-0.05, 0) is 24.6 Å². The van der Waals surface area contributed by atoms with Crippen LogP contribution in [0, 0.1) is 5.92 Å². The molecule has 0 N–H and O–H groups in total. The lowest BCUT2D eigenvalue weighted by Gasteiger charge is -2.23. The van der Waals surface area contributed by atoms with Crippen LogP contribution in [-0.4, -0.2) is 54.9 Å². The average molecular weight is 339 g/mol. The Morgan fingerprint density at radius 3 is 2.43 bits per heavy atom. The minimum absolute atomic E-state index is 0.0159. The molecule has 0 saturated carbocycles. The number of hydrogen-bond acceptors (Lipinski definition) is 3. The summed E-state index contributed by atoms with van der Waals surface area (Å²) in [5, 5.41) is 0.480. The first kappa shape index (κ1) is 17.6. The molecule has 1 aromatic carbocycles. The zero-order chi connectivity index (χ0) is 17.0. The summed E-state index contributed by atoms with van der Waals surface area (Å²) in [5.74, 6) is 0.563. The maximum atomic E-state index is 12.7. The van der Waals surface area contributed by atoms with Crippen LogP contribution in [0.1, 0.15) is 30.6 Å². The van der Waals surface area contributed by atoms with Gasteiger partial charge in [0.2, 0.25) is 5.91 Å². The molecular weight excluding hydrogens is 316 g/mol. The number of carbonyl (C=O) groups is 2. The summed E-state index contributed by atoms with van der Waals surface area (Å²) in [6.07, 6.45) is 0.787. The van der Waals surface area contributed by atoms with Gasteiger partial charge in [0.25, 0.3) is 5.91 Å². The zero-order valence-electron chi connectivity index (χ0n) is 13.8. The van der Waals surface area contributed by atoms with Gasteiger partial charge in [0, 0.05) is 37.7 Å². The van der Waals surface area contributed by atoms with Gasteiger partial charge in [-0.3, -0.25) is 9.59 Å². The van der Waals surface area contributed by atoms with Crippen molar-refractivity contribution in [1.82, 2.24) is 9.80 Å². The van der Waals surface area contributed by atoms with Crippen molar-refractivity contribution in [2.75, 3.05) is 33.3 Å². The van der Waals surface area contributed by atoms with Gasteiger partial charge < -0.3 is 14.5 Å². The summed E-state index contributed by atoms with van der Waals surface area (Å²) >= 11 is 6.00. The van der Waals surface area contributed by atoms with Gasteiger partial charge in [-0.1, -0.05) is 25.4 Å². The van der Waals surface area contributed by atoms with Crippen LogP contribution in [0.5, 0.6) is 5.75 Å². The third-order valence-corrected chi connectivity index (χ3v) is 4.30. The lowest BCUT2D eigenvalue weighted by atomic mass is 10.2. The number of carbonyl (C=O) groups excluding carboxylic acids is 2. The van der Waals surface area contributed by atoms with E-state index in [0.29, 0.717) is 42.5 Å². The first-order chi connectivity index (χ1) is 10.9. The molecule has 5 nitrogen and oxygen atoms in total. The minimum Gasteiger partial charge on any atom is -0.495 e. The molecular formula is C17H23ClN2O3. The Kier molecular flexibility index (Phi) is 5.88. The fraction of sp³-hybridized carbons (Fsp3) is 0.529. The smallest absolute Gasteiger partial charge is 0.254 e. The van der Waals surface area contributed by atoms with Crippen molar-refractivity contribution in [3.05, 3.63) is 28.8 Å². The molecule has 2 amide bonds. The molecule has 0 bridgehead atoms. The maximum absolute atomic E-state index is 12.7. The van der Waals surface area contributed by atoms with Crippen molar-refractivity contribution < 1.29 is 14.3 Å². The number of nitrogens with zero attached hydrogens (tertiary/aromatic N) is 2. The van der Waals surface area contributed by atoms with E-state index in [1.54, 1.807) is 23.1 Å². The highest BCUT2D eigenvalue weighted by molar-refractivity contribution is 6.32. The molecule has 0 aliphatic carbocycles. The van der Waals surface area contributed by atoms with Crippen molar-refractivity contribution in [1.29, 1.82) is 0 Å². The Balaban J connectivity index is 2.07. The van der Waals surface area contributed by atoms with Crippen LogP contribution in [0.3, 0.4) is 0 Å². The average Bonchev–Trinajstić information content (AvgIpc) is 2.79. The minimum atomic E-state index is -0.0567. The summed E-state index contributed by atoms with van der Waals surface area (Å²) in [6, 6.07) is 5.03. The molecule has 1 aliphatic heterocycles. The van der Waals surface area contributed by atoms with E-state index in [0.717, 1.165) is 6.42 Å². The number of hydrogen-bond donors (Lipinski definition) is 0. The van der Waals surface area contributed by atoms with E-state index in [-0.39, 0.29) is 17.7 Å². The quantitative estimate of drug-likeness (QED) is 0.851. The molecule has 1 heterocycles. The molecule has 0 atom stereocenters. The van der Waals surface area contributed by atoms with E-state index in [1.807, 2.05) is 18.7 Å². The standard InChI is InChI=1S/C17H23ClN2O3/c1-12(2)16(21)19-7-4-8-20(10-9-19)17(22)13-5-6-14(18)15(11-13)23-3/h5-6,11-12H,4,7-10H2,1-3H3. The van der Waals surface area contributed by atoms with Crippen molar-refractivity contribution in [2.45, 2.75) is 20.3 Å². The highest BCUT2D eigenvalue weighted by atomic mass is 35.5. The molecule has 1 saturated heterocycles. The molecule has 126 valence electrons. The molecule has 0 unspecified atom stereocenters. The van der Waals surface area contributed by atoms with E-state index in [9.17, 15) is 9.59 Å². The fourth-order valence-corrected chi connectivity index (χ4v) is 2.88.